The van der Waals surface area contributed by atoms with Gasteiger partial charge >= 0.3 is 0 Å². The summed E-state index contributed by atoms with van der Waals surface area (Å²) < 4.78 is 21.5. The normalized spacial score (nSPS) is 40.1. The average Bonchev–Trinajstić information content (AvgIpc) is 2.79. The SMILES string of the molecule is O=[N+]([O-])c1ccc(O[C@@H]2O[C@H](CO)[C@@H](O[C@@H]3O[C@H](CO)[C@@H](O)[C@@H](O)[C@H]3O)[C@@H](O)[C@H]2O)cc1. The standard InChI is InChI=1S/C18H25NO13/c20-5-9-11(22)12(23)14(25)18(30-9)32-16-10(6-21)31-17(15(26)13(16)24)29-8-3-1-7(2-4-8)19(27)28/h1-4,9-18,20-26H,5-6H2/t9-,10-,11-,12-,13+,14-,15-,16-,17-,18+/m1/s1. The highest BCUT2D eigenvalue weighted by Gasteiger charge is 2.51. The van der Waals surface area contributed by atoms with Crippen LogP contribution in [0.15, 0.2) is 24.3 Å². The summed E-state index contributed by atoms with van der Waals surface area (Å²) in [4.78, 5) is 10.1. The number of aliphatic hydroxyl groups is 7. The molecule has 32 heavy (non-hydrogen) atoms. The van der Waals surface area contributed by atoms with Gasteiger partial charge in [0.05, 0.1) is 18.1 Å². The summed E-state index contributed by atoms with van der Waals surface area (Å²) in [7, 11) is 0. The van der Waals surface area contributed by atoms with Gasteiger partial charge in [-0.3, -0.25) is 10.1 Å². The van der Waals surface area contributed by atoms with Crippen molar-refractivity contribution in [3.05, 3.63) is 34.4 Å². The Hall–Kier alpha value is -1.98. The van der Waals surface area contributed by atoms with Crippen molar-refractivity contribution in [3.8, 4) is 5.75 Å². The summed E-state index contributed by atoms with van der Waals surface area (Å²) in [6.45, 7) is -1.42. The van der Waals surface area contributed by atoms with E-state index in [2.05, 4.69) is 0 Å². The topological polar surface area (TPSA) is 222 Å². The molecule has 0 spiro atoms. The maximum atomic E-state index is 10.7. The van der Waals surface area contributed by atoms with Crippen LogP contribution in [0.1, 0.15) is 0 Å². The molecule has 0 unspecified atom stereocenters. The molecular formula is C18H25NO13. The number of nitro benzene ring substituents is 1. The molecule has 3 rings (SSSR count). The number of nitrogens with zero attached hydrogens (tertiary/aromatic N) is 1. The third kappa shape index (κ3) is 4.99. The summed E-state index contributed by atoms with van der Waals surface area (Å²) in [6, 6.07) is 4.83. The smallest absolute Gasteiger partial charge is 0.269 e. The first kappa shape index (κ1) is 24.7. The second kappa shape index (κ2) is 10.3. The summed E-state index contributed by atoms with van der Waals surface area (Å²) in [5.41, 5.74) is -0.191. The zero-order valence-corrected chi connectivity index (χ0v) is 16.5. The molecule has 14 heteroatoms. The molecule has 0 saturated carbocycles. The Labute approximate surface area is 180 Å². The van der Waals surface area contributed by atoms with E-state index in [1.807, 2.05) is 0 Å². The van der Waals surface area contributed by atoms with Crippen molar-refractivity contribution in [3.63, 3.8) is 0 Å². The first-order valence-corrected chi connectivity index (χ1v) is 9.67. The largest absolute Gasteiger partial charge is 0.462 e. The van der Waals surface area contributed by atoms with Crippen molar-refractivity contribution < 1.29 is 59.6 Å². The van der Waals surface area contributed by atoms with Crippen LogP contribution in [0.2, 0.25) is 0 Å². The van der Waals surface area contributed by atoms with Gasteiger partial charge in [-0.25, -0.2) is 0 Å². The molecule has 2 aliphatic heterocycles. The predicted molar refractivity (Wildman–Crippen MR) is 100 cm³/mol. The lowest BCUT2D eigenvalue weighted by Gasteiger charge is -2.45. The maximum Gasteiger partial charge on any atom is 0.269 e. The number of nitro groups is 1. The van der Waals surface area contributed by atoms with Crippen LogP contribution in [0, 0.1) is 10.1 Å². The molecule has 0 aromatic heterocycles. The lowest BCUT2D eigenvalue weighted by molar-refractivity contribution is -0.384. The molecule has 14 nitrogen and oxygen atoms in total. The fourth-order valence-corrected chi connectivity index (χ4v) is 3.43. The quantitative estimate of drug-likeness (QED) is 0.155. The van der Waals surface area contributed by atoms with Crippen molar-refractivity contribution in [1.29, 1.82) is 0 Å². The van der Waals surface area contributed by atoms with Gasteiger partial charge in [0.2, 0.25) is 6.29 Å². The monoisotopic (exact) mass is 463 g/mol. The van der Waals surface area contributed by atoms with Crippen LogP contribution in [0.25, 0.3) is 0 Å². The van der Waals surface area contributed by atoms with E-state index in [0.717, 1.165) is 12.1 Å². The zero-order chi connectivity index (χ0) is 23.6. The van der Waals surface area contributed by atoms with E-state index < -0.39 is 79.5 Å². The maximum absolute atomic E-state index is 10.7. The summed E-state index contributed by atoms with van der Waals surface area (Å²) >= 11 is 0. The van der Waals surface area contributed by atoms with E-state index in [1.165, 1.54) is 12.1 Å². The van der Waals surface area contributed by atoms with Crippen LogP contribution >= 0.6 is 0 Å². The lowest BCUT2D eigenvalue weighted by atomic mass is 9.97. The number of hydrogen-bond acceptors (Lipinski definition) is 13. The number of benzene rings is 1. The van der Waals surface area contributed by atoms with E-state index in [0.29, 0.717) is 0 Å². The van der Waals surface area contributed by atoms with Gasteiger partial charge in [-0.1, -0.05) is 0 Å². The molecule has 2 saturated heterocycles. The van der Waals surface area contributed by atoms with Crippen molar-refractivity contribution >= 4 is 5.69 Å². The van der Waals surface area contributed by atoms with Crippen LogP contribution in [0.5, 0.6) is 5.75 Å². The average molecular weight is 463 g/mol. The third-order valence-corrected chi connectivity index (χ3v) is 5.26. The molecule has 0 bridgehead atoms. The number of aliphatic hydroxyl groups excluding tert-OH is 7. The Morgan fingerprint density at radius 1 is 0.812 bits per heavy atom. The molecule has 7 N–H and O–H groups in total. The Bertz CT molecular complexity index is 760. The van der Waals surface area contributed by atoms with Crippen LogP contribution in [0.3, 0.4) is 0 Å². The summed E-state index contributed by atoms with van der Waals surface area (Å²) in [5.74, 6) is 0.0804. The Morgan fingerprint density at radius 3 is 1.94 bits per heavy atom. The van der Waals surface area contributed by atoms with E-state index in [4.69, 9.17) is 18.9 Å². The zero-order valence-electron chi connectivity index (χ0n) is 16.5. The Balaban J connectivity index is 1.70. The third-order valence-electron chi connectivity index (χ3n) is 5.26. The Kier molecular flexibility index (Phi) is 7.94. The first-order chi connectivity index (χ1) is 15.2. The van der Waals surface area contributed by atoms with Crippen LogP contribution in [-0.4, -0.2) is 115 Å². The van der Waals surface area contributed by atoms with Crippen molar-refractivity contribution in [2.45, 2.75) is 61.4 Å². The molecule has 2 aliphatic rings. The minimum atomic E-state index is -1.77. The van der Waals surface area contributed by atoms with Crippen LogP contribution in [-0.2, 0) is 14.2 Å². The van der Waals surface area contributed by atoms with Gasteiger partial charge in [0.25, 0.3) is 5.69 Å². The number of ether oxygens (including phenoxy) is 4. The van der Waals surface area contributed by atoms with E-state index in [9.17, 15) is 45.9 Å². The van der Waals surface area contributed by atoms with Crippen LogP contribution < -0.4 is 4.74 Å². The molecule has 0 radical (unpaired) electrons. The number of non-ortho nitro benzene ring substituents is 1. The van der Waals surface area contributed by atoms with Gasteiger partial charge in [-0.2, -0.15) is 0 Å². The number of rotatable bonds is 7. The van der Waals surface area contributed by atoms with E-state index in [1.54, 1.807) is 0 Å². The molecule has 2 fully saturated rings. The van der Waals surface area contributed by atoms with Gasteiger partial charge in [0, 0.05) is 12.1 Å². The fraction of sp³-hybridized carbons (Fsp3) is 0.667. The highest BCUT2D eigenvalue weighted by molar-refractivity contribution is 5.36. The van der Waals surface area contributed by atoms with E-state index >= 15 is 0 Å². The van der Waals surface area contributed by atoms with Gasteiger partial charge in [-0.15, -0.1) is 0 Å². The molecule has 10 atom stereocenters. The second-order valence-corrected chi connectivity index (χ2v) is 7.37. The summed E-state index contributed by atoms with van der Waals surface area (Å²) in [5, 5.41) is 80.4. The molecule has 180 valence electrons. The van der Waals surface area contributed by atoms with Crippen LogP contribution in [0.4, 0.5) is 5.69 Å². The molecular weight excluding hydrogens is 438 g/mol. The van der Waals surface area contributed by atoms with Gasteiger partial charge < -0.3 is 54.7 Å². The van der Waals surface area contributed by atoms with Crippen molar-refractivity contribution in [2.75, 3.05) is 13.2 Å². The number of hydrogen-bond donors (Lipinski definition) is 7. The lowest BCUT2D eigenvalue weighted by Crippen LogP contribution is -2.65. The van der Waals surface area contributed by atoms with Crippen molar-refractivity contribution in [1.82, 2.24) is 0 Å². The second-order valence-electron chi connectivity index (χ2n) is 7.37. The molecule has 1 aromatic carbocycles. The Morgan fingerprint density at radius 2 is 1.38 bits per heavy atom. The van der Waals surface area contributed by atoms with E-state index in [-0.39, 0.29) is 11.4 Å². The fourth-order valence-electron chi connectivity index (χ4n) is 3.43. The molecule has 2 heterocycles. The highest BCUT2D eigenvalue weighted by atomic mass is 16.7. The minimum absolute atomic E-state index is 0.0804. The first-order valence-electron chi connectivity index (χ1n) is 9.67. The highest BCUT2D eigenvalue weighted by Crippen LogP contribution is 2.30. The minimum Gasteiger partial charge on any atom is -0.462 e. The molecule has 1 aromatic rings. The van der Waals surface area contributed by atoms with Gasteiger partial charge in [-0.05, 0) is 12.1 Å². The molecule has 0 aliphatic carbocycles. The van der Waals surface area contributed by atoms with Crippen molar-refractivity contribution in [2.24, 2.45) is 0 Å². The van der Waals surface area contributed by atoms with Gasteiger partial charge in [0.1, 0.15) is 54.6 Å². The predicted octanol–water partition coefficient (Wildman–Crippen LogP) is -3.40. The summed E-state index contributed by atoms with van der Waals surface area (Å²) in [6.07, 6.45) is -15.7. The van der Waals surface area contributed by atoms with Gasteiger partial charge in [0.15, 0.2) is 6.29 Å². The molecule has 0 amide bonds.